The quantitative estimate of drug-likeness (QED) is 0.702. The van der Waals surface area contributed by atoms with Gasteiger partial charge in [0.1, 0.15) is 0 Å². The van der Waals surface area contributed by atoms with Gasteiger partial charge in [-0.05, 0) is 34.5 Å². The van der Waals surface area contributed by atoms with Crippen LogP contribution in [0.15, 0.2) is 48.5 Å². The second-order valence-corrected chi connectivity index (χ2v) is 4.53. The molecule has 1 aliphatic carbocycles. The van der Waals surface area contributed by atoms with Crippen LogP contribution in [-0.2, 0) is 4.74 Å². The molecule has 17 heavy (non-hydrogen) atoms. The third kappa shape index (κ3) is 1.48. The second-order valence-electron chi connectivity index (χ2n) is 4.13. The number of benzene rings is 2. The van der Waals surface area contributed by atoms with E-state index in [1.807, 2.05) is 0 Å². The molecule has 0 unspecified atom stereocenters. The maximum atomic E-state index is 5.35. The summed E-state index contributed by atoms with van der Waals surface area (Å²) in [5.41, 5.74) is 5.04. The Bertz CT molecular complexity index is 543. The molecule has 0 bridgehead atoms. The molecule has 0 saturated heterocycles. The van der Waals surface area contributed by atoms with E-state index in [1.165, 1.54) is 22.3 Å². The Hall–Kier alpha value is -1.67. The zero-order valence-corrected chi connectivity index (χ0v) is 10.3. The van der Waals surface area contributed by atoms with Gasteiger partial charge in [0, 0.05) is 0 Å². The Labute approximate surface area is 106 Å². The average Bonchev–Trinajstić information content (AvgIpc) is 2.72. The van der Waals surface area contributed by atoms with Crippen LogP contribution in [0.25, 0.3) is 11.1 Å². The van der Waals surface area contributed by atoms with Crippen LogP contribution in [0.5, 0.6) is 0 Å². The number of ether oxygens (including phenoxy) is 1. The first kappa shape index (κ1) is 10.5. The van der Waals surface area contributed by atoms with Crippen LogP contribution in [-0.4, -0.2) is 12.2 Å². The van der Waals surface area contributed by atoms with Gasteiger partial charge in [-0.25, -0.2) is 0 Å². The minimum atomic E-state index is 0.0994. The molecule has 0 amide bonds. The number of thiocarbonyl (C=S) groups is 1. The third-order valence-corrected chi connectivity index (χ3v) is 3.67. The van der Waals surface area contributed by atoms with E-state index in [0.717, 1.165) is 0 Å². The molecule has 1 nitrogen and oxygen atoms in total. The van der Waals surface area contributed by atoms with Crippen molar-refractivity contribution >= 4 is 17.3 Å². The Kier molecular flexibility index (Phi) is 2.45. The molecular weight excluding hydrogens is 228 g/mol. The standard InChI is InChI=1S/C15H12OS/c1-16-15(17)14-12-8-4-2-6-10(12)11-7-3-5-9-13(11)14/h2-9,14H,1H3. The first-order valence-corrected chi connectivity index (χ1v) is 6.00. The first-order chi connectivity index (χ1) is 8.33. The van der Waals surface area contributed by atoms with Gasteiger partial charge in [-0.2, -0.15) is 0 Å². The van der Waals surface area contributed by atoms with Crippen molar-refractivity contribution in [2.24, 2.45) is 0 Å². The number of hydrogen-bond acceptors (Lipinski definition) is 2. The summed E-state index contributed by atoms with van der Waals surface area (Å²) in [7, 11) is 1.64. The van der Waals surface area contributed by atoms with E-state index in [0.29, 0.717) is 5.05 Å². The smallest absolute Gasteiger partial charge is 0.171 e. The highest BCUT2D eigenvalue weighted by Gasteiger charge is 2.31. The van der Waals surface area contributed by atoms with E-state index in [-0.39, 0.29) is 5.92 Å². The lowest BCUT2D eigenvalue weighted by molar-refractivity contribution is 0.400. The number of methoxy groups -OCH3 is 1. The van der Waals surface area contributed by atoms with Crippen molar-refractivity contribution in [3.05, 3.63) is 59.7 Å². The Morgan fingerprint density at radius 3 is 1.88 bits per heavy atom. The summed E-state index contributed by atoms with van der Waals surface area (Å²) in [4.78, 5) is 0. The highest BCUT2D eigenvalue weighted by atomic mass is 32.1. The number of hydrogen-bond donors (Lipinski definition) is 0. The summed E-state index contributed by atoms with van der Waals surface area (Å²) in [5.74, 6) is 0.0994. The van der Waals surface area contributed by atoms with Crippen LogP contribution < -0.4 is 0 Å². The third-order valence-electron chi connectivity index (χ3n) is 3.27. The second kappa shape index (κ2) is 3.97. The molecule has 3 rings (SSSR count). The Morgan fingerprint density at radius 2 is 1.41 bits per heavy atom. The highest BCUT2D eigenvalue weighted by Crippen LogP contribution is 2.45. The fourth-order valence-electron chi connectivity index (χ4n) is 2.53. The van der Waals surface area contributed by atoms with E-state index < -0.39 is 0 Å². The molecule has 0 spiro atoms. The molecular formula is C15H12OS. The van der Waals surface area contributed by atoms with Crippen molar-refractivity contribution in [3.63, 3.8) is 0 Å². The monoisotopic (exact) mass is 240 g/mol. The lowest BCUT2D eigenvalue weighted by atomic mass is 9.98. The minimum Gasteiger partial charge on any atom is -0.489 e. The van der Waals surface area contributed by atoms with Crippen LogP contribution in [0.2, 0.25) is 0 Å². The molecule has 0 atom stereocenters. The summed E-state index contributed by atoms with van der Waals surface area (Å²) >= 11 is 5.35. The fraction of sp³-hybridized carbons (Fsp3) is 0.133. The van der Waals surface area contributed by atoms with Crippen LogP contribution >= 0.6 is 12.2 Å². The SMILES string of the molecule is COC(=S)C1c2ccccc2-c2ccccc21. The van der Waals surface area contributed by atoms with E-state index in [9.17, 15) is 0 Å². The molecule has 0 N–H and O–H groups in total. The van der Waals surface area contributed by atoms with Crippen molar-refractivity contribution in [1.82, 2.24) is 0 Å². The summed E-state index contributed by atoms with van der Waals surface area (Å²) in [6.07, 6.45) is 0. The Balaban J connectivity index is 2.27. The molecule has 2 aromatic rings. The van der Waals surface area contributed by atoms with E-state index in [2.05, 4.69) is 48.5 Å². The maximum absolute atomic E-state index is 5.35. The molecule has 0 aromatic heterocycles. The van der Waals surface area contributed by atoms with Crippen LogP contribution in [0.1, 0.15) is 17.0 Å². The van der Waals surface area contributed by atoms with E-state index in [1.54, 1.807) is 7.11 Å². The van der Waals surface area contributed by atoms with Crippen molar-refractivity contribution in [2.45, 2.75) is 5.92 Å². The summed E-state index contributed by atoms with van der Waals surface area (Å²) in [6.45, 7) is 0. The van der Waals surface area contributed by atoms with E-state index in [4.69, 9.17) is 17.0 Å². The predicted octanol–water partition coefficient (Wildman–Crippen LogP) is 3.77. The number of fused-ring (bicyclic) bond motifs is 3. The molecule has 2 heteroatoms. The van der Waals surface area contributed by atoms with Gasteiger partial charge in [0.2, 0.25) is 0 Å². The molecule has 0 aliphatic heterocycles. The molecule has 0 saturated carbocycles. The lowest BCUT2D eigenvalue weighted by Gasteiger charge is -2.13. The van der Waals surface area contributed by atoms with Crippen molar-refractivity contribution in [2.75, 3.05) is 7.11 Å². The van der Waals surface area contributed by atoms with Gasteiger partial charge in [-0.1, -0.05) is 48.5 Å². The first-order valence-electron chi connectivity index (χ1n) is 5.59. The van der Waals surface area contributed by atoms with Gasteiger partial charge in [0.05, 0.1) is 13.0 Å². The van der Waals surface area contributed by atoms with Crippen LogP contribution in [0.4, 0.5) is 0 Å². The molecule has 84 valence electrons. The van der Waals surface area contributed by atoms with E-state index >= 15 is 0 Å². The zero-order chi connectivity index (χ0) is 11.8. The minimum absolute atomic E-state index is 0.0994. The lowest BCUT2D eigenvalue weighted by Crippen LogP contribution is -2.10. The largest absolute Gasteiger partial charge is 0.489 e. The highest BCUT2D eigenvalue weighted by molar-refractivity contribution is 7.80. The zero-order valence-electron chi connectivity index (χ0n) is 9.51. The fourth-order valence-corrected chi connectivity index (χ4v) is 2.78. The summed E-state index contributed by atoms with van der Waals surface area (Å²) in [6, 6.07) is 16.8. The van der Waals surface area contributed by atoms with Gasteiger partial charge < -0.3 is 4.74 Å². The molecule has 0 fully saturated rings. The van der Waals surface area contributed by atoms with Gasteiger partial charge in [-0.15, -0.1) is 0 Å². The maximum Gasteiger partial charge on any atom is 0.171 e. The molecule has 2 aromatic carbocycles. The number of rotatable bonds is 1. The van der Waals surface area contributed by atoms with Crippen LogP contribution in [0, 0.1) is 0 Å². The molecule has 0 radical (unpaired) electrons. The Morgan fingerprint density at radius 1 is 0.941 bits per heavy atom. The molecule has 1 aliphatic rings. The van der Waals surface area contributed by atoms with Gasteiger partial charge in [-0.3, -0.25) is 0 Å². The van der Waals surface area contributed by atoms with Crippen LogP contribution in [0.3, 0.4) is 0 Å². The summed E-state index contributed by atoms with van der Waals surface area (Å²) in [5, 5.41) is 0.641. The van der Waals surface area contributed by atoms with Gasteiger partial charge in [0.15, 0.2) is 5.05 Å². The normalized spacial score (nSPS) is 13.0. The van der Waals surface area contributed by atoms with Crippen molar-refractivity contribution < 1.29 is 4.74 Å². The predicted molar refractivity (Wildman–Crippen MR) is 73.3 cm³/mol. The average molecular weight is 240 g/mol. The van der Waals surface area contributed by atoms with Gasteiger partial charge in [0.25, 0.3) is 0 Å². The molecule has 0 heterocycles. The van der Waals surface area contributed by atoms with Crippen molar-refractivity contribution in [1.29, 1.82) is 0 Å². The topological polar surface area (TPSA) is 9.23 Å². The van der Waals surface area contributed by atoms with Gasteiger partial charge >= 0.3 is 0 Å². The summed E-state index contributed by atoms with van der Waals surface area (Å²) < 4.78 is 5.28. The van der Waals surface area contributed by atoms with Crippen molar-refractivity contribution in [3.8, 4) is 11.1 Å².